The lowest BCUT2D eigenvalue weighted by Gasteiger charge is -2.15. The van der Waals surface area contributed by atoms with Gasteiger partial charge < -0.3 is 15.8 Å². The summed E-state index contributed by atoms with van der Waals surface area (Å²) in [7, 11) is 0. The van der Waals surface area contributed by atoms with Crippen LogP contribution < -0.4 is 15.8 Å². The van der Waals surface area contributed by atoms with Crippen LogP contribution in [0.15, 0.2) is 48.7 Å². The lowest BCUT2D eigenvalue weighted by atomic mass is 10.1. The predicted octanol–water partition coefficient (Wildman–Crippen LogP) is 3.53. The number of nitrogens with one attached hydrogen (secondary N) is 1. The van der Waals surface area contributed by atoms with Crippen LogP contribution in [0.25, 0.3) is 17.2 Å². The highest BCUT2D eigenvalue weighted by Crippen LogP contribution is 2.33. The Hall–Kier alpha value is -3.94. The fourth-order valence-electron chi connectivity index (χ4n) is 4.06. The van der Waals surface area contributed by atoms with Crippen molar-refractivity contribution in [2.75, 3.05) is 11.9 Å². The molecule has 162 valence electrons. The summed E-state index contributed by atoms with van der Waals surface area (Å²) < 4.78 is 7.81. The van der Waals surface area contributed by atoms with E-state index < -0.39 is 5.91 Å². The summed E-state index contributed by atoms with van der Waals surface area (Å²) in [5.41, 5.74) is 9.97. The van der Waals surface area contributed by atoms with Gasteiger partial charge in [0, 0.05) is 12.7 Å². The van der Waals surface area contributed by atoms with Crippen molar-refractivity contribution in [2.24, 2.45) is 5.73 Å². The number of aromatic nitrogens is 4. The third-order valence-electron chi connectivity index (χ3n) is 5.63. The highest BCUT2D eigenvalue weighted by molar-refractivity contribution is 5.99. The van der Waals surface area contributed by atoms with Crippen LogP contribution in [0.1, 0.15) is 40.0 Å². The summed E-state index contributed by atoms with van der Waals surface area (Å²) in [4.78, 5) is 26.1. The van der Waals surface area contributed by atoms with Gasteiger partial charge in [0.2, 0.25) is 5.88 Å². The van der Waals surface area contributed by atoms with Gasteiger partial charge in [0.15, 0.2) is 5.82 Å². The number of pyridine rings is 1. The average molecular weight is 428 g/mol. The van der Waals surface area contributed by atoms with Gasteiger partial charge in [-0.05, 0) is 43.9 Å². The number of hydrogen-bond acceptors (Lipinski definition) is 6. The number of ether oxygens (including phenoxy) is 1. The standard InChI is InChI=1S/C24H24N6O2/c1-15-19(30-12-7-11-17(20(25)31)23(30)27-15)22-28-21(26-14-16-8-3-2-4-9-16)18-10-5-6-13-32-24(18)29-22/h2-4,7-9,11-12H,5-6,10,13-14H2,1H3,(H2,25,31)(H,26,28,29). The van der Waals surface area contributed by atoms with E-state index >= 15 is 0 Å². The zero-order chi connectivity index (χ0) is 22.1. The van der Waals surface area contributed by atoms with Crippen molar-refractivity contribution >= 4 is 17.4 Å². The second-order valence-electron chi connectivity index (χ2n) is 7.85. The molecule has 0 bridgehead atoms. The highest BCUT2D eigenvalue weighted by Gasteiger charge is 2.23. The molecule has 1 aliphatic heterocycles. The number of imidazole rings is 1. The van der Waals surface area contributed by atoms with Gasteiger partial charge in [0.05, 0.1) is 23.4 Å². The molecule has 1 aromatic carbocycles. The van der Waals surface area contributed by atoms with Crippen molar-refractivity contribution in [3.05, 3.63) is 71.0 Å². The molecule has 32 heavy (non-hydrogen) atoms. The van der Waals surface area contributed by atoms with Gasteiger partial charge in [-0.1, -0.05) is 30.3 Å². The topological polar surface area (TPSA) is 107 Å². The molecule has 4 aromatic rings. The minimum absolute atomic E-state index is 0.357. The number of benzene rings is 1. The van der Waals surface area contributed by atoms with E-state index in [1.807, 2.05) is 35.7 Å². The largest absolute Gasteiger partial charge is 0.477 e. The Morgan fingerprint density at radius 2 is 1.97 bits per heavy atom. The van der Waals surface area contributed by atoms with Gasteiger partial charge in [0.25, 0.3) is 5.91 Å². The second kappa shape index (κ2) is 8.30. The quantitative estimate of drug-likeness (QED) is 0.504. The molecule has 5 rings (SSSR count). The van der Waals surface area contributed by atoms with Gasteiger partial charge in [-0.15, -0.1) is 0 Å². The molecule has 0 saturated heterocycles. The molecule has 0 radical (unpaired) electrons. The fraction of sp³-hybridized carbons (Fsp3) is 0.250. The lowest BCUT2D eigenvalue weighted by molar-refractivity contribution is 0.100. The van der Waals surface area contributed by atoms with Crippen LogP contribution >= 0.6 is 0 Å². The smallest absolute Gasteiger partial charge is 0.252 e. The van der Waals surface area contributed by atoms with Crippen molar-refractivity contribution in [1.82, 2.24) is 19.4 Å². The summed E-state index contributed by atoms with van der Waals surface area (Å²) in [6.45, 7) is 3.14. The number of nitrogens with zero attached hydrogens (tertiary/aromatic N) is 4. The minimum Gasteiger partial charge on any atom is -0.477 e. The molecule has 0 aliphatic carbocycles. The number of aryl methyl sites for hydroxylation is 1. The molecule has 0 fully saturated rings. The third kappa shape index (κ3) is 3.64. The second-order valence-corrected chi connectivity index (χ2v) is 7.85. The first-order chi connectivity index (χ1) is 15.6. The summed E-state index contributed by atoms with van der Waals surface area (Å²) >= 11 is 0. The van der Waals surface area contributed by atoms with E-state index in [2.05, 4.69) is 22.4 Å². The molecule has 1 amide bonds. The van der Waals surface area contributed by atoms with Crippen molar-refractivity contribution in [3.63, 3.8) is 0 Å². The van der Waals surface area contributed by atoms with Gasteiger partial charge >= 0.3 is 0 Å². The van der Waals surface area contributed by atoms with Gasteiger partial charge in [-0.3, -0.25) is 9.20 Å². The van der Waals surface area contributed by atoms with Gasteiger partial charge in [0.1, 0.15) is 17.2 Å². The van der Waals surface area contributed by atoms with E-state index in [1.165, 1.54) is 0 Å². The van der Waals surface area contributed by atoms with E-state index in [0.29, 0.717) is 47.5 Å². The highest BCUT2D eigenvalue weighted by atomic mass is 16.5. The Labute approximate surface area is 185 Å². The molecule has 0 unspecified atom stereocenters. The Morgan fingerprint density at radius 1 is 1.12 bits per heavy atom. The Bertz CT molecular complexity index is 1300. The maximum absolute atomic E-state index is 11.9. The average Bonchev–Trinajstić information content (AvgIpc) is 2.96. The predicted molar refractivity (Wildman–Crippen MR) is 122 cm³/mol. The molecule has 8 heteroatoms. The number of nitrogens with two attached hydrogens (primary N) is 1. The molecule has 0 atom stereocenters. The Kier molecular flexibility index (Phi) is 5.18. The monoisotopic (exact) mass is 428 g/mol. The number of rotatable bonds is 5. The summed E-state index contributed by atoms with van der Waals surface area (Å²) in [5.74, 6) is 1.33. The lowest BCUT2D eigenvalue weighted by Crippen LogP contribution is -2.13. The van der Waals surface area contributed by atoms with Gasteiger partial charge in [-0.25, -0.2) is 9.97 Å². The maximum atomic E-state index is 11.9. The summed E-state index contributed by atoms with van der Waals surface area (Å²) in [6, 6.07) is 13.6. The van der Waals surface area contributed by atoms with Gasteiger partial charge in [-0.2, -0.15) is 4.98 Å². The van der Waals surface area contributed by atoms with Crippen molar-refractivity contribution in [2.45, 2.75) is 32.7 Å². The molecular weight excluding hydrogens is 404 g/mol. The van der Waals surface area contributed by atoms with Crippen LogP contribution in [0.2, 0.25) is 0 Å². The van der Waals surface area contributed by atoms with E-state index in [1.54, 1.807) is 12.1 Å². The molecule has 3 N–H and O–H groups in total. The van der Waals surface area contributed by atoms with E-state index in [9.17, 15) is 4.79 Å². The molecule has 1 aliphatic rings. The van der Waals surface area contributed by atoms with Crippen molar-refractivity contribution in [1.29, 1.82) is 0 Å². The number of carbonyl (C=O) groups excluding carboxylic acids is 1. The van der Waals surface area contributed by atoms with Crippen LogP contribution in [0.5, 0.6) is 5.88 Å². The zero-order valence-corrected chi connectivity index (χ0v) is 17.8. The Balaban J connectivity index is 1.63. The van der Waals surface area contributed by atoms with Crippen LogP contribution in [-0.4, -0.2) is 31.9 Å². The molecule has 4 heterocycles. The first kappa shape index (κ1) is 20.0. The summed E-state index contributed by atoms with van der Waals surface area (Å²) in [6.07, 6.45) is 4.68. The fourth-order valence-corrected chi connectivity index (χ4v) is 4.06. The number of fused-ring (bicyclic) bond motifs is 2. The summed E-state index contributed by atoms with van der Waals surface area (Å²) in [5, 5.41) is 3.48. The van der Waals surface area contributed by atoms with Crippen LogP contribution in [-0.2, 0) is 13.0 Å². The first-order valence-electron chi connectivity index (χ1n) is 10.7. The molecule has 0 spiro atoms. The van der Waals surface area contributed by atoms with E-state index in [4.69, 9.17) is 20.4 Å². The Morgan fingerprint density at radius 3 is 2.78 bits per heavy atom. The first-order valence-corrected chi connectivity index (χ1v) is 10.7. The molecule has 3 aromatic heterocycles. The number of carbonyl (C=O) groups is 1. The van der Waals surface area contributed by atoms with Crippen LogP contribution in [0, 0.1) is 6.92 Å². The maximum Gasteiger partial charge on any atom is 0.252 e. The van der Waals surface area contributed by atoms with Crippen LogP contribution in [0.4, 0.5) is 5.82 Å². The SMILES string of the molecule is Cc1nc2c(C(N)=O)cccn2c1-c1nc(NCc2ccccc2)c2c(n1)OCCCC2. The van der Waals surface area contributed by atoms with Crippen molar-refractivity contribution < 1.29 is 9.53 Å². The number of hydrogen-bond donors (Lipinski definition) is 2. The van der Waals surface area contributed by atoms with Crippen LogP contribution in [0.3, 0.4) is 0 Å². The molecule has 8 nitrogen and oxygen atoms in total. The van der Waals surface area contributed by atoms with E-state index in [0.717, 1.165) is 36.2 Å². The molecule has 0 saturated carbocycles. The number of primary amides is 1. The zero-order valence-electron chi connectivity index (χ0n) is 17.8. The number of amides is 1. The molecular formula is C24H24N6O2. The van der Waals surface area contributed by atoms with Crippen molar-refractivity contribution in [3.8, 4) is 17.4 Å². The normalized spacial score (nSPS) is 13.3. The third-order valence-corrected chi connectivity index (χ3v) is 5.63. The minimum atomic E-state index is -0.524. The van der Waals surface area contributed by atoms with E-state index in [-0.39, 0.29) is 0 Å². The number of anilines is 1.